The highest BCUT2D eigenvalue weighted by Crippen LogP contribution is 2.24. The molecule has 1 aliphatic rings. The molecule has 0 spiro atoms. The molecule has 118 valence electrons. The van der Waals surface area contributed by atoms with E-state index in [2.05, 4.69) is 0 Å². The molecular formula is C15H21Cl3N2O. The first kappa shape index (κ1) is 18.6. The van der Waals surface area contributed by atoms with Crippen LogP contribution in [-0.4, -0.2) is 29.4 Å². The number of carbonyl (C=O) groups is 1. The predicted octanol–water partition coefficient (Wildman–Crippen LogP) is 3.69. The highest BCUT2D eigenvalue weighted by atomic mass is 35.5. The molecule has 1 fully saturated rings. The van der Waals surface area contributed by atoms with Gasteiger partial charge in [-0.15, -0.1) is 12.4 Å². The van der Waals surface area contributed by atoms with Gasteiger partial charge in [-0.1, -0.05) is 29.3 Å². The Morgan fingerprint density at radius 1 is 1.43 bits per heavy atom. The van der Waals surface area contributed by atoms with Gasteiger partial charge in [0.05, 0.1) is 6.42 Å². The number of piperidine rings is 1. The Bertz CT molecular complexity index is 494. The maximum Gasteiger partial charge on any atom is 0.227 e. The highest BCUT2D eigenvalue weighted by molar-refractivity contribution is 6.35. The second-order valence-electron chi connectivity index (χ2n) is 5.42. The van der Waals surface area contributed by atoms with Crippen molar-refractivity contribution in [3.8, 4) is 0 Å². The van der Waals surface area contributed by atoms with Crippen LogP contribution >= 0.6 is 35.6 Å². The molecule has 1 heterocycles. The van der Waals surface area contributed by atoms with Crippen LogP contribution in [0.15, 0.2) is 18.2 Å². The van der Waals surface area contributed by atoms with E-state index in [1.165, 1.54) is 0 Å². The summed E-state index contributed by atoms with van der Waals surface area (Å²) in [5, 5.41) is 1.12. The summed E-state index contributed by atoms with van der Waals surface area (Å²) in [6.45, 7) is 2.75. The quantitative estimate of drug-likeness (QED) is 0.903. The Hall–Kier alpha value is -0.480. The molecule has 2 atom stereocenters. The topological polar surface area (TPSA) is 46.3 Å². The lowest BCUT2D eigenvalue weighted by Crippen LogP contribution is -2.52. The van der Waals surface area contributed by atoms with E-state index < -0.39 is 0 Å². The molecule has 3 nitrogen and oxygen atoms in total. The molecule has 1 aromatic rings. The number of rotatable bonds is 3. The molecule has 0 bridgehead atoms. The van der Waals surface area contributed by atoms with Crippen LogP contribution in [0.2, 0.25) is 10.0 Å². The first-order chi connectivity index (χ1) is 9.49. The summed E-state index contributed by atoms with van der Waals surface area (Å²) in [5.74, 6) is 0.0937. The Labute approximate surface area is 142 Å². The fraction of sp³-hybridized carbons (Fsp3) is 0.533. The summed E-state index contributed by atoms with van der Waals surface area (Å²) >= 11 is 12.0. The summed E-state index contributed by atoms with van der Waals surface area (Å²) in [5.41, 5.74) is 6.82. The van der Waals surface area contributed by atoms with Crippen molar-refractivity contribution in [3.63, 3.8) is 0 Å². The standard InChI is InChI=1S/C15H20Cl2N2O.ClH/c1-10(18)14-4-2-3-7-19(14)15(20)8-11-5-6-12(16)9-13(11)17;/h5-6,9-10,14H,2-4,7-8,18H2,1H3;1H. The number of benzene rings is 1. The average molecular weight is 352 g/mol. The Morgan fingerprint density at radius 2 is 2.14 bits per heavy atom. The first-order valence-electron chi connectivity index (χ1n) is 6.98. The second-order valence-corrected chi connectivity index (χ2v) is 6.27. The van der Waals surface area contributed by atoms with Gasteiger partial charge in [0.25, 0.3) is 0 Å². The third kappa shape index (κ3) is 4.75. The number of amides is 1. The number of carbonyl (C=O) groups excluding carboxylic acids is 1. The summed E-state index contributed by atoms with van der Waals surface area (Å²) in [4.78, 5) is 14.4. The smallest absolute Gasteiger partial charge is 0.227 e. The minimum Gasteiger partial charge on any atom is -0.338 e. The zero-order valence-corrected chi connectivity index (χ0v) is 14.3. The SMILES string of the molecule is CC(N)C1CCCCN1C(=O)Cc1ccc(Cl)cc1Cl.Cl. The Kier molecular flexibility index (Phi) is 7.28. The zero-order chi connectivity index (χ0) is 14.7. The largest absolute Gasteiger partial charge is 0.338 e. The van der Waals surface area contributed by atoms with Gasteiger partial charge in [0, 0.05) is 28.7 Å². The van der Waals surface area contributed by atoms with Crippen molar-refractivity contribution in [1.29, 1.82) is 0 Å². The van der Waals surface area contributed by atoms with Gasteiger partial charge in [-0.2, -0.15) is 0 Å². The van der Waals surface area contributed by atoms with Crippen molar-refractivity contribution >= 4 is 41.5 Å². The van der Waals surface area contributed by atoms with Gasteiger partial charge >= 0.3 is 0 Å². The van der Waals surface area contributed by atoms with Crippen molar-refractivity contribution in [1.82, 2.24) is 4.90 Å². The summed E-state index contributed by atoms with van der Waals surface area (Å²) in [6, 6.07) is 5.38. The molecule has 1 aliphatic heterocycles. The van der Waals surface area contributed by atoms with Crippen molar-refractivity contribution in [2.75, 3.05) is 6.54 Å². The van der Waals surface area contributed by atoms with E-state index in [9.17, 15) is 4.79 Å². The first-order valence-corrected chi connectivity index (χ1v) is 7.73. The number of hydrogen-bond acceptors (Lipinski definition) is 2. The average Bonchev–Trinajstić information content (AvgIpc) is 2.41. The number of nitrogens with two attached hydrogens (primary N) is 1. The minimum absolute atomic E-state index is 0. The fourth-order valence-corrected chi connectivity index (χ4v) is 3.22. The van der Waals surface area contributed by atoms with Gasteiger partial charge in [0.15, 0.2) is 0 Å². The van der Waals surface area contributed by atoms with E-state index in [1.807, 2.05) is 17.9 Å². The van der Waals surface area contributed by atoms with E-state index in [-0.39, 0.29) is 30.4 Å². The molecule has 0 saturated carbocycles. The number of likely N-dealkylation sites (tertiary alicyclic amines) is 1. The Morgan fingerprint density at radius 3 is 2.76 bits per heavy atom. The van der Waals surface area contributed by atoms with Crippen LogP contribution in [0.1, 0.15) is 31.7 Å². The molecule has 2 N–H and O–H groups in total. The van der Waals surface area contributed by atoms with Crippen molar-refractivity contribution < 1.29 is 4.79 Å². The van der Waals surface area contributed by atoms with Gasteiger partial charge in [-0.3, -0.25) is 4.79 Å². The van der Waals surface area contributed by atoms with Crippen molar-refractivity contribution in [2.24, 2.45) is 5.73 Å². The van der Waals surface area contributed by atoms with E-state index in [1.54, 1.807) is 12.1 Å². The second kappa shape index (κ2) is 8.23. The van der Waals surface area contributed by atoms with Gasteiger partial charge in [-0.25, -0.2) is 0 Å². The van der Waals surface area contributed by atoms with Crippen LogP contribution in [0, 0.1) is 0 Å². The van der Waals surface area contributed by atoms with E-state index in [0.717, 1.165) is 31.4 Å². The maximum absolute atomic E-state index is 12.5. The van der Waals surface area contributed by atoms with Crippen LogP contribution < -0.4 is 5.73 Å². The summed E-state index contributed by atoms with van der Waals surface area (Å²) < 4.78 is 0. The van der Waals surface area contributed by atoms with Gasteiger partial charge in [-0.05, 0) is 43.9 Å². The van der Waals surface area contributed by atoms with Crippen LogP contribution in [0.3, 0.4) is 0 Å². The molecule has 0 aliphatic carbocycles. The monoisotopic (exact) mass is 350 g/mol. The highest BCUT2D eigenvalue weighted by Gasteiger charge is 2.29. The van der Waals surface area contributed by atoms with Crippen LogP contribution in [0.5, 0.6) is 0 Å². The van der Waals surface area contributed by atoms with Gasteiger partial charge in [0.1, 0.15) is 0 Å². The molecule has 2 rings (SSSR count). The van der Waals surface area contributed by atoms with Crippen LogP contribution in [0.4, 0.5) is 0 Å². The van der Waals surface area contributed by atoms with Crippen LogP contribution in [-0.2, 0) is 11.2 Å². The third-order valence-electron chi connectivity index (χ3n) is 3.83. The van der Waals surface area contributed by atoms with Crippen molar-refractivity contribution in [2.45, 2.75) is 44.7 Å². The molecule has 0 radical (unpaired) electrons. The molecule has 0 aromatic heterocycles. The molecule has 1 amide bonds. The third-order valence-corrected chi connectivity index (χ3v) is 4.42. The van der Waals surface area contributed by atoms with Crippen LogP contribution in [0.25, 0.3) is 0 Å². The fourth-order valence-electron chi connectivity index (χ4n) is 2.74. The lowest BCUT2D eigenvalue weighted by atomic mass is 9.96. The molecule has 1 saturated heterocycles. The number of hydrogen-bond donors (Lipinski definition) is 1. The predicted molar refractivity (Wildman–Crippen MR) is 90.4 cm³/mol. The normalized spacial score (nSPS) is 19.8. The Balaban J connectivity index is 0.00000220. The zero-order valence-electron chi connectivity index (χ0n) is 12.0. The lowest BCUT2D eigenvalue weighted by molar-refractivity contribution is -0.134. The lowest BCUT2D eigenvalue weighted by Gasteiger charge is -2.38. The van der Waals surface area contributed by atoms with E-state index in [0.29, 0.717) is 16.5 Å². The summed E-state index contributed by atoms with van der Waals surface area (Å²) in [7, 11) is 0. The van der Waals surface area contributed by atoms with E-state index >= 15 is 0 Å². The van der Waals surface area contributed by atoms with Gasteiger partial charge in [0.2, 0.25) is 5.91 Å². The molecule has 1 aromatic carbocycles. The molecule has 21 heavy (non-hydrogen) atoms. The molecule has 2 unspecified atom stereocenters. The number of halogens is 3. The maximum atomic E-state index is 12.5. The van der Waals surface area contributed by atoms with Gasteiger partial charge < -0.3 is 10.6 Å². The number of nitrogens with zero attached hydrogens (tertiary/aromatic N) is 1. The van der Waals surface area contributed by atoms with E-state index in [4.69, 9.17) is 28.9 Å². The minimum atomic E-state index is -0.0000558. The van der Waals surface area contributed by atoms with Crippen molar-refractivity contribution in [3.05, 3.63) is 33.8 Å². The molecule has 6 heteroatoms. The molecular weight excluding hydrogens is 331 g/mol. The summed E-state index contributed by atoms with van der Waals surface area (Å²) in [6.07, 6.45) is 3.47.